The minimum Gasteiger partial charge on any atom is -0.379 e. The van der Waals surface area contributed by atoms with Gasteiger partial charge in [0.2, 0.25) is 0 Å². The maximum atomic E-state index is 5.38. The first-order chi connectivity index (χ1) is 7.72. The monoisotopic (exact) mass is 303 g/mol. The molecule has 1 rings (SSSR count). The second kappa shape index (κ2) is 8.12. The van der Waals surface area contributed by atoms with Gasteiger partial charge in [0.25, 0.3) is 0 Å². The quantitative estimate of drug-likeness (QED) is 0.614. The van der Waals surface area contributed by atoms with Gasteiger partial charge in [0.05, 0.1) is 13.2 Å². The molecule has 16 heavy (non-hydrogen) atoms. The zero-order valence-corrected chi connectivity index (χ0v) is 12.0. The van der Waals surface area contributed by atoms with Crippen molar-refractivity contribution in [3.05, 3.63) is 34.3 Å². The highest BCUT2D eigenvalue weighted by Gasteiger charge is 2.00. The lowest BCUT2D eigenvalue weighted by Crippen LogP contribution is -2.23. The Balaban J connectivity index is 2.23. The molecule has 0 spiro atoms. The Hall–Kier alpha value is -0.0300. The summed E-state index contributed by atoms with van der Waals surface area (Å²) in [6.07, 6.45) is 0. The van der Waals surface area contributed by atoms with E-state index < -0.39 is 0 Å². The molecule has 0 aliphatic rings. The van der Waals surface area contributed by atoms with Crippen molar-refractivity contribution in [3.63, 3.8) is 0 Å². The third kappa shape index (κ3) is 5.89. The summed E-state index contributed by atoms with van der Waals surface area (Å²) in [5.41, 5.74) is 1.32. The van der Waals surface area contributed by atoms with Gasteiger partial charge >= 0.3 is 0 Å². The maximum absolute atomic E-state index is 5.38. The highest BCUT2D eigenvalue weighted by Crippen LogP contribution is 2.11. The summed E-state index contributed by atoms with van der Waals surface area (Å²) in [6, 6.07) is 8.41. The van der Waals surface area contributed by atoms with Crippen LogP contribution in [-0.2, 0) is 11.3 Å². The lowest BCUT2D eigenvalue weighted by atomic mass is 10.2. The van der Waals surface area contributed by atoms with Gasteiger partial charge in [0.1, 0.15) is 0 Å². The van der Waals surface area contributed by atoms with Crippen molar-refractivity contribution in [1.29, 1.82) is 0 Å². The number of rotatable bonds is 7. The van der Waals surface area contributed by atoms with Crippen LogP contribution in [0.3, 0.4) is 0 Å². The topological polar surface area (TPSA) is 12.5 Å². The van der Waals surface area contributed by atoms with Crippen LogP contribution in [0.15, 0.2) is 28.7 Å². The molecule has 2 nitrogen and oxygen atoms in total. The number of benzene rings is 1. The molecule has 0 amide bonds. The van der Waals surface area contributed by atoms with Gasteiger partial charge < -0.3 is 4.74 Å². The molecule has 0 aromatic heterocycles. The molecule has 0 heterocycles. The van der Waals surface area contributed by atoms with Gasteiger partial charge in [-0.25, -0.2) is 0 Å². The molecule has 0 bridgehead atoms. The molecule has 0 atom stereocenters. The van der Waals surface area contributed by atoms with E-state index in [4.69, 9.17) is 4.74 Å². The molecule has 0 fully saturated rings. The molecule has 4 heteroatoms. The molecule has 0 saturated heterocycles. The lowest BCUT2D eigenvalue weighted by molar-refractivity contribution is 0.122. The maximum Gasteiger partial charge on any atom is 0.0593 e. The van der Waals surface area contributed by atoms with Crippen LogP contribution in [0.2, 0.25) is 0 Å². The molecule has 0 unspecified atom stereocenters. The molecule has 0 N–H and O–H groups in total. The third-order valence-corrected chi connectivity index (χ3v) is 2.93. The van der Waals surface area contributed by atoms with Crippen LogP contribution in [0.5, 0.6) is 0 Å². The molecule has 0 aliphatic heterocycles. The van der Waals surface area contributed by atoms with Gasteiger partial charge in [-0.05, 0) is 24.7 Å². The van der Waals surface area contributed by atoms with Crippen molar-refractivity contribution in [2.45, 2.75) is 6.54 Å². The van der Waals surface area contributed by atoms with E-state index in [1.165, 1.54) is 5.56 Å². The molecule has 0 aliphatic carbocycles. The van der Waals surface area contributed by atoms with Crippen LogP contribution >= 0.6 is 28.6 Å². The van der Waals surface area contributed by atoms with Crippen LogP contribution in [0.1, 0.15) is 5.56 Å². The SMILES string of the molecule is CN(CCOCCS)Cc1ccc(Br)cc1. The number of nitrogens with zero attached hydrogens (tertiary/aromatic N) is 1. The Morgan fingerprint density at radius 2 is 1.94 bits per heavy atom. The average molecular weight is 304 g/mol. The Morgan fingerprint density at radius 3 is 2.56 bits per heavy atom. The predicted molar refractivity (Wildman–Crippen MR) is 75.1 cm³/mol. The first-order valence-corrected chi connectivity index (χ1v) is 6.76. The van der Waals surface area contributed by atoms with Gasteiger partial charge in [-0.15, -0.1) is 0 Å². The van der Waals surface area contributed by atoms with Crippen molar-refractivity contribution >= 4 is 28.6 Å². The highest BCUT2D eigenvalue weighted by molar-refractivity contribution is 9.10. The molecular weight excluding hydrogens is 286 g/mol. The van der Waals surface area contributed by atoms with Gasteiger partial charge in [0, 0.05) is 23.3 Å². The molecule has 0 saturated carbocycles. The lowest BCUT2D eigenvalue weighted by Gasteiger charge is -2.16. The standard InChI is InChI=1S/C12H18BrNOS/c1-14(6-7-15-8-9-16)10-11-2-4-12(13)5-3-11/h2-5,16H,6-10H2,1H3. The number of hydrogen-bond acceptors (Lipinski definition) is 3. The predicted octanol–water partition coefficient (Wildman–Crippen LogP) is 2.83. The van der Waals surface area contributed by atoms with Gasteiger partial charge in [-0.1, -0.05) is 28.1 Å². The normalized spacial score (nSPS) is 11.0. The minimum atomic E-state index is 0.731. The van der Waals surface area contributed by atoms with Crippen LogP contribution in [0.4, 0.5) is 0 Å². The number of halogens is 1. The molecule has 1 aromatic carbocycles. The largest absolute Gasteiger partial charge is 0.379 e. The van der Waals surface area contributed by atoms with Gasteiger partial charge in [-0.3, -0.25) is 4.90 Å². The van der Waals surface area contributed by atoms with E-state index in [9.17, 15) is 0 Å². The summed E-state index contributed by atoms with van der Waals surface area (Å²) in [5.74, 6) is 0.788. The van der Waals surface area contributed by atoms with Crippen molar-refractivity contribution in [3.8, 4) is 0 Å². The summed E-state index contributed by atoms with van der Waals surface area (Å²) in [7, 11) is 2.10. The van der Waals surface area contributed by atoms with E-state index >= 15 is 0 Å². The third-order valence-electron chi connectivity index (χ3n) is 2.22. The van der Waals surface area contributed by atoms with E-state index in [2.05, 4.69) is 64.8 Å². The molecule has 90 valence electrons. The Labute approximate surface area is 112 Å². The Kier molecular flexibility index (Phi) is 7.12. The Morgan fingerprint density at radius 1 is 1.25 bits per heavy atom. The van der Waals surface area contributed by atoms with Crippen molar-refractivity contribution in [1.82, 2.24) is 4.90 Å². The van der Waals surface area contributed by atoms with E-state index in [0.717, 1.165) is 36.5 Å². The summed E-state index contributed by atoms with van der Waals surface area (Å²) in [6.45, 7) is 3.41. The molecule has 0 radical (unpaired) electrons. The van der Waals surface area contributed by atoms with Crippen LogP contribution < -0.4 is 0 Å². The van der Waals surface area contributed by atoms with Crippen LogP contribution in [0.25, 0.3) is 0 Å². The second-order valence-electron chi connectivity index (χ2n) is 3.70. The summed E-state index contributed by atoms with van der Waals surface area (Å²) < 4.78 is 6.51. The van der Waals surface area contributed by atoms with Gasteiger partial charge in [-0.2, -0.15) is 12.6 Å². The van der Waals surface area contributed by atoms with Crippen molar-refractivity contribution < 1.29 is 4.74 Å². The summed E-state index contributed by atoms with van der Waals surface area (Å²) in [5, 5.41) is 0. The first-order valence-electron chi connectivity index (χ1n) is 5.34. The van der Waals surface area contributed by atoms with Crippen molar-refractivity contribution in [2.75, 3.05) is 32.6 Å². The number of likely N-dealkylation sites (N-methyl/N-ethyl adjacent to an activating group) is 1. The second-order valence-corrected chi connectivity index (χ2v) is 5.06. The molecule has 1 aromatic rings. The minimum absolute atomic E-state index is 0.731. The zero-order valence-electron chi connectivity index (χ0n) is 9.53. The fraction of sp³-hybridized carbons (Fsp3) is 0.500. The van der Waals surface area contributed by atoms with E-state index in [1.54, 1.807) is 0 Å². The average Bonchev–Trinajstić information content (AvgIpc) is 2.28. The first kappa shape index (κ1) is 14.0. The van der Waals surface area contributed by atoms with Crippen LogP contribution in [-0.4, -0.2) is 37.5 Å². The van der Waals surface area contributed by atoms with E-state index in [0.29, 0.717) is 0 Å². The number of hydrogen-bond donors (Lipinski definition) is 1. The number of thiol groups is 1. The van der Waals surface area contributed by atoms with E-state index in [1.807, 2.05) is 0 Å². The fourth-order valence-electron chi connectivity index (χ4n) is 1.37. The van der Waals surface area contributed by atoms with E-state index in [-0.39, 0.29) is 0 Å². The number of ether oxygens (including phenoxy) is 1. The zero-order chi connectivity index (χ0) is 11.8. The van der Waals surface area contributed by atoms with Crippen molar-refractivity contribution in [2.24, 2.45) is 0 Å². The summed E-state index contributed by atoms with van der Waals surface area (Å²) in [4.78, 5) is 2.25. The molecular formula is C12H18BrNOS. The Bertz CT molecular complexity index is 292. The smallest absolute Gasteiger partial charge is 0.0593 e. The van der Waals surface area contributed by atoms with Gasteiger partial charge in [0.15, 0.2) is 0 Å². The van der Waals surface area contributed by atoms with Crippen LogP contribution in [0, 0.1) is 0 Å². The fourth-order valence-corrected chi connectivity index (χ4v) is 1.76. The highest BCUT2D eigenvalue weighted by atomic mass is 79.9. The summed E-state index contributed by atoms with van der Waals surface area (Å²) >= 11 is 7.52.